The largest absolute Gasteiger partial charge is 0.414 e. The van der Waals surface area contributed by atoms with E-state index in [0.29, 0.717) is 13.2 Å². The van der Waals surface area contributed by atoms with Gasteiger partial charge >= 0.3 is 0 Å². The van der Waals surface area contributed by atoms with Gasteiger partial charge in [0.25, 0.3) is 0 Å². The highest BCUT2D eigenvalue weighted by Crippen LogP contribution is 2.39. The van der Waals surface area contributed by atoms with E-state index in [1.807, 2.05) is 32.0 Å². The van der Waals surface area contributed by atoms with Crippen LogP contribution in [-0.4, -0.2) is 55.6 Å². The predicted molar refractivity (Wildman–Crippen MR) is 116 cm³/mol. The monoisotopic (exact) mass is 409 g/mol. The van der Waals surface area contributed by atoms with Crippen LogP contribution in [0.2, 0.25) is 18.1 Å². The van der Waals surface area contributed by atoms with Crippen molar-refractivity contribution in [3.8, 4) is 0 Å². The van der Waals surface area contributed by atoms with Crippen LogP contribution >= 0.6 is 0 Å². The summed E-state index contributed by atoms with van der Waals surface area (Å²) in [5.41, 5.74) is 0.518. The van der Waals surface area contributed by atoms with E-state index in [1.54, 1.807) is 0 Å². The molecule has 0 saturated carbocycles. The number of hydrogen-bond acceptors (Lipinski definition) is 5. The van der Waals surface area contributed by atoms with E-state index < -0.39 is 20.0 Å². The lowest BCUT2D eigenvalue weighted by Crippen LogP contribution is -2.65. The summed E-state index contributed by atoms with van der Waals surface area (Å²) in [5, 5.41) is 24.5. The molecule has 6 heteroatoms. The van der Waals surface area contributed by atoms with Gasteiger partial charge in [-0.2, -0.15) is 0 Å². The smallest absolute Gasteiger partial charge is 0.192 e. The maximum atomic E-state index is 11.1. The number of aliphatic hydroxyl groups excluding tert-OH is 2. The number of nitrogens with one attached hydrogen (secondary N) is 1. The topological polar surface area (TPSA) is 71.0 Å². The zero-order valence-electron chi connectivity index (χ0n) is 18.5. The number of benzene rings is 1. The Morgan fingerprint density at radius 2 is 1.79 bits per heavy atom. The van der Waals surface area contributed by atoms with E-state index >= 15 is 0 Å². The first-order valence-corrected chi connectivity index (χ1v) is 13.2. The minimum atomic E-state index is -1.94. The molecule has 1 aliphatic rings. The molecule has 1 heterocycles. The van der Waals surface area contributed by atoms with Gasteiger partial charge in [0.2, 0.25) is 0 Å². The van der Waals surface area contributed by atoms with Crippen LogP contribution in [0.4, 0.5) is 0 Å². The lowest BCUT2D eigenvalue weighted by atomic mass is 9.78. The summed E-state index contributed by atoms with van der Waals surface area (Å²) in [6.45, 7) is 15.9. The minimum Gasteiger partial charge on any atom is -0.414 e. The van der Waals surface area contributed by atoms with Crippen molar-refractivity contribution >= 4 is 8.32 Å². The Hall–Kier alpha value is -0.763. The van der Waals surface area contributed by atoms with E-state index in [9.17, 15) is 10.2 Å². The molecule has 1 aromatic carbocycles. The normalized spacial score (nSPS) is 28.3. The molecule has 0 bridgehead atoms. The molecule has 160 valence electrons. The van der Waals surface area contributed by atoms with Crippen LogP contribution in [0.15, 0.2) is 30.3 Å². The van der Waals surface area contributed by atoms with Gasteiger partial charge in [-0.25, -0.2) is 0 Å². The highest BCUT2D eigenvalue weighted by atomic mass is 28.4. The second kappa shape index (κ2) is 8.94. The van der Waals surface area contributed by atoms with E-state index in [1.165, 1.54) is 0 Å². The second-order valence-corrected chi connectivity index (χ2v) is 14.8. The highest BCUT2D eigenvalue weighted by molar-refractivity contribution is 6.74. The molecule has 0 spiro atoms. The molecule has 2 rings (SSSR count). The van der Waals surface area contributed by atoms with Crippen LogP contribution in [0.25, 0.3) is 0 Å². The number of aliphatic hydroxyl groups is 2. The molecule has 0 radical (unpaired) electrons. The van der Waals surface area contributed by atoms with Gasteiger partial charge in [0.1, 0.15) is 0 Å². The summed E-state index contributed by atoms with van der Waals surface area (Å²) < 4.78 is 12.8. The van der Waals surface area contributed by atoms with Gasteiger partial charge in [-0.05, 0) is 37.5 Å². The van der Waals surface area contributed by atoms with Crippen LogP contribution in [0.5, 0.6) is 0 Å². The molecular weight excluding hydrogens is 370 g/mol. The lowest BCUT2D eigenvalue weighted by Gasteiger charge is -2.50. The van der Waals surface area contributed by atoms with Gasteiger partial charge in [-0.3, -0.25) is 0 Å². The summed E-state index contributed by atoms with van der Waals surface area (Å²) in [6, 6.07) is 9.79. The summed E-state index contributed by atoms with van der Waals surface area (Å²) >= 11 is 0. The minimum absolute atomic E-state index is 0.108. The number of rotatable bonds is 7. The Bertz CT molecular complexity index is 615. The van der Waals surface area contributed by atoms with Gasteiger partial charge in [-0.15, -0.1) is 0 Å². The van der Waals surface area contributed by atoms with Crippen molar-refractivity contribution in [2.45, 2.75) is 83.1 Å². The fraction of sp³-hybridized carbons (Fsp3) is 0.727. The van der Waals surface area contributed by atoms with Crippen LogP contribution < -0.4 is 5.32 Å². The van der Waals surface area contributed by atoms with Gasteiger partial charge < -0.3 is 24.7 Å². The molecule has 5 nitrogen and oxygen atoms in total. The van der Waals surface area contributed by atoms with Gasteiger partial charge in [0, 0.05) is 12.5 Å². The fourth-order valence-electron chi connectivity index (χ4n) is 3.49. The van der Waals surface area contributed by atoms with E-state index in [-0.39, 0.29) is 29.7 Å². The quantitative estimate of drug-likeness (QED) is 0.603. The van der Waals surface area contributed by atoms with E-state index in [2.05, 4.69) is 51.3 Å². The molecule has 28 heavy (non-hydrogen) atoms. The number of hydrogen-bond donors (Lipinski definition) is 3. The predicted octanol–water partition coefficient (Wildman–Crippen LogP) is 3.31. The Morgan fingerprint density at radius 1 is 1.18 bits per heavy atom. The summed E-state index contributed by atoms with van der Waals surface area (Å²) in [5.74, 6) is -0.357. The zero-order chi connectivity index (χ0) is 21.2. The molecule has 1 aliphatic heterocycles. The first-order chi connectivity index (χ1) is 12.9. The Kier molecular flexibility index (Phi) is 7.51. The van der Waals surface area contributed by atoms with Crippen molar-refractivity contribution < 1.29 is 19.4 Å². The van der Waals surface area contributed by atoms with E-state index in [4.69, 9.17) is 9.16 Å². The van der Waals surface area contributed by atoms with Crippen molar-refractivity contribution in [3.63, 3.8) is 0 Å². The summed E-state index contributed by atoms with van der Waals surface area (Å²) in [6.07, 6.45) is -1.00. The molecule has 4 atom stereocenters. The first-order valence-electron chi connectivity index (χ1n) is 10.3. The Labute approximate surface area is 171 Å². The fourth-order valence-corrected chi connectivity index (χ4v) is 4.50. The van der Waals surface area contributed by atoms with Crippen LogP contribution in [0, 0.1) is 5.92 Å². The van der Waals surface area contributed by atoms with Crippen LogP contribution in [0.1, 0.15) is 40.2 Å². The zero-order valence-corrected chi connectivity index (χ0v) is 19.5. The molecule has 0 amide bonds. The molecule has 0 unspecified atom stereocenters. The third kappa shape index (κ3) is 5.43. The van der Waals surface area contributed by atoms with Crippen molar-refractivity contribution in [3.05, 3.63) is 35.9 Å². The third-order valence-corrected chi connectivity index (χ3v) is 11.0. The average Bonchev–Trinajstić information content (AvgIpc) is 2.59. The maximum Gasteiger partial charge on any atom is 0.192 e. The lowest BCUT2D eigenvalue weighted by molar-refractivity contribution is -0.214. The van der Waals surface area contributed by atoms with Gasteiger partial charge in [-0.1, -0.05) is 51.1 Å². The molecule has 0 aliphatic carbocycles. The maximum absolute atomic E-state index is 11.1. The van der Waals surface area contributed by atoms with Gasteiger partial charge in [0.15, 0.2) is 8.32 Å². The first kappa shape index (κ1) is 23.5. The third-order valence-electron chi connectivity index (χ3n) is 6.52. The molecule has 3 N–H and O–H groups in total. The SMILES string of the molecule is CC1(C)O[C@H](CO[Si](C)(C)C(C)(C)C)[C@@H](NCc2ccccc2)[C@H](O)[C@H]1CO. The Balaban J connectivity index is 2.17. The average molecular weight is 410 g/mol. The number of ether oxygens (including phenoxy) is 1. The molecule has 1 saturated heterocycles. The summed E-state index contributed by atoms with van der Waals surface area (Å²) in [4.78, 5) is 0. The van der Waals surface area contributed by atoms with Crippen LogP contribution in [0.3, 0.4) is 0 Å². The highest BCUT2D eigenvalue weighted by Gasteiger charge is 2.49. The second-order valence-electron chi connectivity index (χ2n) is 10.0. The van der Waals surface area contributed by atoms with Crippen molar-refractivity contribution in [2.24, 2.45) is 5.92 Å². The summed E-state index contributed by atoms with van der Waals surface area (Å²) in [7, 11) is -1.94. The molecular formula is C22H39NO4Si. The Morgan fingerprint density at radius 3 is 2.32 bits per heavy atom. The van der Waals surface area contributed by atoms with Crippen molar-refractivity contribution in [2.75, 3.05) is 13.2 Å². The standard InChI is InChI=1S/C22H39NO4Si/c1-21(2,3)28(6,7)26-15-18-19(23-13-16-11-9-8-10-12-16)20(25)17(14-24)22(4,5)27-18/h8-12,17-20,23-25H,13-15H2,1-7H3/t17-,18-,19-,20-/m1/s1. The van der Waals surface area contributed by atoms with E-state index in [0.717, 1.165) is 5.56 Å². The van der Waals surface area contributed by atoms with Crippen LogP contribution in [-0.2, 0) is 15.7 Å². The van der Waals surface area contributed by atoms with Crippen molar-refractivity contribution in [1.82, 2.24) is 5.32 Å². The van der Waals surface area contributed by atoms with Crippen molar-refractivity contribution in [1.29, 1.82) is 0 Å². The van der Waals surface area contributed by atoms with Gasteiger partial charge in [0.05, 0.1) is 37.1 Å². The molecule has 0 aromatic heterocycles. The molecule has 1 aromatic rings. The molecule has 1 fully saturated rings.